The van der Waals surface area contributed by atoms with Crippen molar-refractivity contribution >= 4 is 0 Å². The number of nitriles is 1. The standard InChI is InChI=1S/C8H7FN2O2/c9-7-2-5(4-13-11)1-6(3-10)8(7)12/h1-2,12H,4,11H2. The predicted molar refractivity (Wildman–Crippen MR) is 41.8 cm³/mol. The Labute approximate surface area is 73.9 Å². The van der Waals surface area contributed by atoms with E-state index in [-0.39, 0.29) is 12.2 Å². The van der Waals surface area contributed by atoms with E-state index in [0.717, 1.165) is 6.07 Å². The highest BCUT2D eigenvalue weighted by molar-refractivity contribution is 5.45. The molecule has 13 heavy (non-hydrogen) atoms. The number of nitrogens with two attached hydrogens (primary N) is 1. The quantitative estimate of drug-likeness (QED) is 0.663. The smallest absolute Gasteiger partial charge is 0.169 e. The van der Waals surface area contributed by atoms with Crippen LogP contribution in [0.15, 0.2) is 12.1 Å². The molecule has 0 aromatic heterocycles. The normalized spacial score (nSPS) is 9.62. The van der Waals surface area contributed by atoms with Crippen LogP contribution in [0.25, 0.3) is 0 Å². The van der Waals surface area contributed by atoms with Gasteiger partial charge in [0.1, 0.15) is 6.07 Å². The van der Waals surface area contributed by atoms with Crippen molar-refractivity contribution in [1.82, 2.24) is 0 Å². The van der Waals surface area contributed by atoms with Crippen molar-refractivity contribution in [3.63, 3.8) is 0 Å². The number of rotatable bonds is 2. The van der Waals surface area contributed by atoms with Crippen LogP contribution in [0, 0.1) is 17.1 Å². The molecule has 4 nitrogen and oxygen atoms in total. The summed E-state index contributed by atoms with van der Waals surface area (Å²) >= 11 is 0. The summed E-state index contributed by atoms with van der Waals surface area (Å²) in [5.41, 5.74) is 0.265. The van der Waals surface area contributed by atoms with Gasteiger partial charge in [0.05, 0.1) is 12.2 Å². The second-order valence-corrected chi connectivity index (χ2v) is 2.40. The fourth-order valence-corrected chi connectivity index (χ4v) is 0.920. The van der Waals surface area contributed by atoms with E-state index < -0.39 is 11.6 Å². The van der Waals surface area contributed by atoms with Crippen LogP contribution in [0.5, 0.6) is 5.75 Å². The molecule has 0 saturated carbocycles. The highest BCUT2D eigenvalue weighted by atomic mass is 19.1. The van der Waals surface area contributed by atoms with Gasteiger partial charge in [-0.3, -0.25) is 4.84 Å². The average molecular weight is 182 g/mol. The lowest BCUT2D eigenvalue weighted by Crippen LogP contribution is -2.00. The molecular formula is C8H7FN2O2. The topological polar surface area (TPSA) is 79.3 Å². The number of phenols is 1. The Morgan fingerprint density at radius 1 is 1.62 bits per heavy atom. The summed E-state index contributed by atoms with van der Waals surface area (Å²) in [5, 5.41) is 17.5. The molecule has 0 aliphatic heterocycles. The van der Waals surface area contributed by atoms with Crippen LogP contribution in [0.3, 0.4) is 0 Å². The van der Waals surface area contributed by atoms with E-state index in [1.807, 2.05) is 0 Å². The summed E-state index contributed by atoms with van der Waals surface area (Å²) in [7, 11) is 0. The largest absolute Gasteiger partial charge is 0.504 e. The molecule has 0 spiro atoms. The third kappa shape index (κ3) is 1.93. The summed E-state index contributed by atoms with van der Waals surface area (Å²) in [6.07, 6.45) is 0. The lowest BCUT2D eigenvalue weighted by molar-refractivity contribution is 0.124. The van der Waals surface area contributed by atoms with E-state index >= 15 is 0 Å². The van der Waals surface area contributed by atoms with Crippen molar-refractivity contribution < 1.29 is 14.3 Å². The first-order chi connectivity index (χ1) is 6.19. The van der Waals surface area contributed by atoms with Crippen LogP contribution >= 0.6 is 0 Å². The Kier molecular flexibility index (Phi) is 2.80. The van der Waals surface area contributed by atoms with Crippen LogP contribution in [-0.4, -0.2) is 5.11 Å². The van der Waals surface area contributed by atoms with Crippen LogP contribution in [0.1, 0.15) is 11.1 Å². The van der Waals surface area contributed by atoms with Gasteiger partial charge in [0, 0.05) is 0 Å². The molecule has 0 saturated heterocycles. The second-order valence-electron chi connectivity index (χ2n) is 2.40. The third-order valence-corrected chi connectivity index (χ3v) is 1.49. The minimum atomic E-state index is -0.855. The Bertz CT molecular complexity index is 360. The van der Waals surface area contributed by atoms with E-state index in [0.29, 0.717) is 5.56 Å². The third-order valence-electron chi connectivity index (χ3n) is 1.49. The van der Waals surface area contributed by atoms with Crippen molar-refractivity contribution in [3.8, 4) is 11.8 Å². The maximum atomic E-state index is 12.9. The number of nitrogens with zero attached hydrogens (tertiary/aromatic N) is 1. The molecule has 0 heterocycles. The number of hydrogen-bond donors (Lipinski definition) is 2. The number of phenolic OH excluding ortho intramolecular Hbond substituents is 1. The minimum Gasteiger partial charge on any atom is -0.504 e. The first-order valence-corrected chi connectivity index (χ1v) is 3.42. The fraction of sp³-hybridized carbons (Fsp3) is 0.125. The Balaban J connectivity index is 3.16. The van der Waals surface area contributed by atoms with E-state index in [9.17, 15) is 4.39 Å². The molecule has 0 aliphatic carbocycles. The van der Waals surface area contributed by atoms with E-state index in [4.69, 9.17) is 16.3 Å². The van der Waals surface area contributed by atoms with Gasteiger partial charge in [0.15, 0.2) is 11.6 Å². The molecule has 3 N–H and O–H groups in total. The van der Waals surface area contributed by atoms with Crippen LogP contribution in [0.2, 0.25) is 0 Å². The molecule has 0 atom stereocenters. The van der Waals surface area contributed by atoms with E-state index in [2.05, 4.69) is 4.84 Å². The first kappa shape index (κ1) is 9.45. The lowest BCUT2D eigenvalue weighted by atomic mass is 10.1. The predicted octanol–water partition coefficient (Wildman–Crippen LogP) is 0.793. The summed E-state index contributed by atoms with van der Waals surface area (Å²) in [4.78, 5) is 4.26. The van der Waals surface area contributed by atoms with Gasteiger partial charge >= 0.3 is 0 Å². The van der Waals surface area contributed by atoms with Gasteiger partial charge in [-0.1, -0.05) is 0 Å². The van der Waals surface area contributed by atoms with Crippen molar-refractivity contribution in [2.45, 2.75) is 6.61 Å². The van der Waals surface area contributed by atoms with Gasteiger partial charge in [-0.15, -0.1) is 0 Å². The Morgan fingerprint density at radius 3 is 2.85 bits per heavy atom. The van der Waals surface area contributed by atoms with E-state index in [1.54, 1.807) is 6.07 Å². The second kappa shape index (κ2) is 3.85. The van der Waals surface area contributed by atoms with Crippen LogP contribution in [0.4, 0.5) is 4.39 Å². The van der Waals surface area contributed by atoms with Gasteiger partial charge in [0.2, 0.25) is 0 Å². The SMILES string of the molecule is N#Cc1cc(CON)cc(F)c1O. The summed E-state index contributed by atoms with van der Waals surface area (Å²) < 4.78 is 12.9. The van der Waals surface area contributed by atoms with Gasteiger partial charge in [-0.25, -0.2) is 10.3 Å². The molecule has 1 rings (SSSR count). The molecule has 0 amide bonds. The molecular weight excluding hydrogens is 175 g/mol. The van der Waals surface area contributed by atoms with Crippen molar-refractivity contribution in [2.75, 3.05) is 0 Å². The van der Waals surface area contributed by atoms with Crippen molar-refractivity contribution in [3.05, 3.63) is 29.1 Å². The van der Waals surface area contributed by atoms with Crippen molar-refractivity contribution in [1.29, 1.82) is 5.26 Å². The van der Waals surface area contributed by atoms with Crippen LogP contribution < -0.4 is 5.90 Å². The van der Waals surface area contributed by atoms with Gasteiger partial charge in [0.25, 0.3) is 0 Å². The monoisotopic (exact) mass is 182 g/mol. The maximum absolute atomic E-state index is 12.9. The Morgan fingerprint density at radius 2 is 2.31 bits per heavy atom. The molecule has 0 bridgehead atoms. The summed E-state index contributed by atoms with van der Waals surface area (Å²) in [6.45, 7) is -0.00806. The molecule has 1 aromatic carbocycles. The average Bonchev–Trinajstić information content (AvgIpc) is 2.11. The molecule has 0 aliphatic rings. The molecule has 0 unspecified atom stereocenters. The zero-order chi connectivity index (χ0) is 9.84. The highest BCUT2D eigenvalue weighted by Crippen LogP contribution is 2.22. The zero-order valence-electron chi connectivity index (χ0n) is 6.62. The zero-order valence-corrected chi connectivity index (χ0v) is 6.62. The first-order valence-electron chi connectivity index (χ1n) is 3.42. The van der Waals surface area contributed by atoms with Gasteiger partial charge < -0.3 is 5.11 Å². The molecule has 5 heteroatoms. The van der Waals surface area contributed by atoms with Gasteiger partial charge in [-0.2, -0.15) is 5.26 Å². The molecule has 0 fully saturated rings. The summed E-state index contributed by atoms with van der Waals surface area (Å²) in [5.74, 6) is 3.27. The fourth-order valence-electron chi connectivity index (χ4n) is 0.920. The number of aromatic hydroxyl groups is 1. The maximum Gasteiger partial charge on any atom is 0.169 e. The van der Waals surface area contributed by atoms with E-state index in [1.165, 1.54) is 6.07 Å². The van der Waals surface area contributed by atoms with Crippen molar-refractivity contribution in [2.24, 2.45) is 5.90 Å². The molecule has 1 aromatic rings. The minimum absolute atomic E-state index is 0.00806. The molecule has 0 radical (unpaired) electrons. The summed E-state index contributed by atoms with van der Waals surface area (Å²) in [6, 6.07) is 4.02. The highest BCUT2D eigenvalue weighted by Gasteiger charge is 2.08. The van der Waals surface area contributed by atoms with Gasteiger partial charge in [-0.05, 0) is 17.7 Å². The van der Waals surface area contributed by atoms with Crippen LogP contribution in [-0.2, 0) is 11.4 Å². The lowest BCUT2D eigenvalue weighted by Gasteiger charge is -2.02. The number of halogens is 1. The molecule has 68 valence electrons. The number of hydrogen-bond acceptors (Lipinski definition) is 4. The number of benzene rings is 1. The Hall–Kier alpha value is -1.64.